The van der Waals surface area contributed by atoms with E-state index in [1.54, 1.807) is 24.3 Å². The van der Waals surface area contributed by atoms with Crippen LogP contribution in [0.5, 0.6) is 17.2 Å². The third-order valence-corrected chi connectivity index (χ3v) is 5.12. The number of hydrogen-bond donors (Lipinski definition) is 0. The van der Waals surface area contributed by atoms with E-state index in [2.05, 4.69) is 0 Å². The molecule has 0 unspecified atom stereocenters. The lowest BCUT2D eigenvalue weighted by atomic mass is 10.0. The van der Waals surface area contributed by atoms with Gasteiger partial charge in [0.05, 0.1) is 19.6 Å². The van der Waals surface area contributed by atoms with E-state index in [9.17, 15) is 18.0 Å². The van der Waals surface area contributed by atoms with Crippen molar-refractivity contribution in [3.8, 4) is 28.4 Å². The molecule has 0 radical (unpaired) electrons. The summed E-state index contributed by atoms with van der Waals surface area (Å²) in [6.45, 7) is 0.408. The first-order chi connectivity index (χ1) is 14.9. The molecule has 160 valence electrons. The van der Waals surface area contributed by atoms with Gasteiger partial charge in [0.1, 0.15) is 23.1 Å². The Bertz CT molecular complexity index is 1100. The number of esters is 1. The van der Waals surface area contributed by atoms with E-state index in [1.165, 1.54) is 31.4 Å². The van der Waals surface area contributed by atoms with Crippen LogP contribution in [0.25, 0.3) is 11.1 Å². The van der Waals surface area contributed by atoms with Crippen molar-refractivity contribution in [2.45, 2.75) is 6.42 Å². The van der Waals surface area contributed by atoms with E-state index in [-0.39, 0.29) is 29.3 Å². The molecule has 0 spiro atoms. The van der Waals surface area contributed by atoms with E-state index in [0.29, 0.717) is 23.5 Å². The Morgan fingerprint density at radius 2 is 1.52 bits per heavy atom. The highest BCUT2D eigenvalue weighted by molar-refractivity contribution is 5.75. The van der Waals surface area contributed by atoms with Gasteiger partial charge in [-0.05, 0) is 54.4 Å². The van der Waals surface area contributed by atoms with Gasteiger partial charge in [0.2, 0.25) is 0 Å². The van der Waals surface area contributed by atoms with Gasteiger partial charge in [0.25, 0.3) is 0 Å². The zero-order chi connectivity index (χ0) is 22.0. The maximum absolute atomic E-state index is 14.4. The van der Waals surface area contributed by atoms with Gasteiger partial charge in [-0.1, -0.05) is 12.1 Å². The summed E-state index contributed by atoms with van der Waals surface area (Å²) in [4.78, 5) is 11.4. The third-order valence-electron chi connectivity index (χ3n) is 5.12. The summed E-state index contributed by atoms with van der Waals surface area (Å²) in [6, 6.07) is 14.2. The number of benzene rings is 3. The summed E-state index contributed by atoms with van der Waals surface area (Å²) in [5, 5.41) is 0. The van der Waals surface area contributed by atoms with E-state index in [4.69, 9.17) is 14.2 Å². The van der Waals surface area contributed by atoms with Gasteiger partial charge >= 0.3 is 5.97 Å². The molecule has 3 aromatic carbocycles. The molecule has 1 aliphatic carbocycles. The van der Waals surface area contributed by atoms with Crippen LogP contribution >= 0.6 is 0 Å². The molecule has 4 nitrogen and oxygen atoms in total. The molecule has 3 aromatic rings. The van der Waals surface area contributed by atoms with Gasteiger partial charge in [-0.3, -0.25) is 4.79 Å². The predicted molar refractivity (Wildman–Crippen MR) is 107 cm³/mol. The predicted octanol–water partition coefficient (Wildman–Crippen LogP) is 5.75. The molecule has 0 bridgehead atoms. The summed E-state index contributed by atoms with van der Waals surface area (Å²) >= 11 is 0. The molecule has 1 aliphatic rings. The summed E-state index contributed by atoms with van der Waals surface area (Å²) in [7, 11) is 1.37. The van der Waals surface area contributed by atoms with Crippen molar-refractivity contribution in [2.24, 2.45) is 11.8 Å². The maximum atomic E-state index is 14.4. The highest BCUT2D eigenvalue weighted by Gasteiger charge is 2.44. The van der Waals surface area contributed by atoms with Crippen LogP contribution in [0.3, 0.4) is 0 Å². The molecule has 4 rings (SSSR count). The second kappa shape index (κ2) is 8.71. The number of rotatable bonds is 7. The Balaban J connectivity index is 1.43. The van der Waals surface area contributed by atoms with Crippen LogP contribution in [0, 0.1) is 29.3 Å². The van der Waals surface area contributed by atoms with Crippen LogP contribution in [0.15, 0.2) is 60.7 Å². The molecule has 0 amide bonds. The summed E-state index contributed by atoms with van der Waals surface area (Å²) in [5.41, 5.74) is 0.888. The molecule has 0 aliphatic heterocycles. The fourth-order valence-corrected chi connectivity index (χ4v) is 3.27. The second-order valence-corrected chi connectivity index (χ2v) is 7.28. The Morgan fingerprint density at radius 1 is 0.871 bits per heavy atom. The fourth-order valence-electron chi connectivity index (χ4n) is 3.27. The maximum Gasteiger partial charge on any atom is 0.309 e. The number of methoxy groups -OCH3 is 1. The van der Waals surface area contributed by atoms with E-state index < -0.39 is 17.5 Å². The number of carbonyl (C=O) groups excluding carboxylic acids is 1. The third kappa shape index (κ3) is 4.82. The van der Waals surface area contributed by atoms with Crippen molar-refractivity contribution in [2.75, 3.05) is 13.7 Å². The van der Waals surface area contributed by atoms with Gasteiger partial charge < -0.3 is 14.2 Å². The van der Waals surface area contributed by atoms with E-state index in [1.807, 2.05) is 0 Å². The second-order valence-electron chi connectivity index (χ2n) is 7.28. The molecule has 7 heteroatoms. The monoisotopic (exact) mass is 428 g/mol. The van der Waals surface area contributed by atoms with Crippen molar-refractivity contribution in [1.29, 1.82) is 0 Å². The van der Waals surface area contributed by atoms with Crippen LogP contribution in [0.1, 0.15) is 6.42 Å². The zero-order valence-electron chi connectivity index (χ0n) is 16.6. The topological polar surface area (TPSA) is 44.8 Å². The molecule has 0 N–H and O–H groups in total. The molecule has 2 atom stereocenters. The van der Waals surface area contributed by atoms with Crippen LogP contribution in [0.4, 0.5) is 13.2 Å². The van der Waals surface area contributed by atoms with Crippen molar-refractivity contribution in [3.63, 3.8) is 0 Å². The van der Waals surface area contributed by atoms with Gasteiger partial charge in [0, 0.05) is 17.5 Å². The Kier molecular flexibility index (Phi) is 5.84. The molecule has 0 heterocycles. The number of ether oxygens (including phenoxy) is 3. The fraction of sp³-hybridized carbons (Fsp3) is 0.208. The van der Waals surface area contributed by atoms with Crippen LogP contribution in [0.2, 0.25) is 0 Å². The SMILES string of the molecule is COC(=O)[C@@H]1C[C@H]1COc1ccc(-c2cc(Oc3ccc(F)c(F)c3)ccc2F)cc1. The van der Waals surface area contributed by atoms with Crippen LogP contribution in [-0.2, 0) is 9.53 Å². The van der Waals surface area contributed by atoms with Crippen LogP contribution in [-0.4, -0.2) is 19.7 Å². The lowest BCUT2D eigenvalue weighted by molar-refractivity contribution is -0.142. The minimum absolute atomic E-state index is 0.101. The summed E-state index contributed by atoms with van der Waals surface area (Å²) < 4.78 is 56.8. The molecule has 0 saturated heterocycles. The quantitative estimate of drug-likeness (QED) is 0.450. The van der Waals surface area contributed by atoms with Gasteiger partial charge in [-0.25, -0.2) is 13.2 Å². The Hall–Kier alpha value is -3.48. The Labute approximate surface area is 177 Å². The Morgan fingerprint density at radius 3 is 2.19 bits per heavy atom. The average molecular weight is 428 g/mol. The molecular formula is C24H19F3O4. The number of hydrogen-bond acceptors (Lipinski definition) is 4. The molecule has 1 fully saturated rings. The summed E-state index contributed by atoms with van der Waals surface area (Å²) in [6.07, 6.45) is 0.751. The normalized spacial score (nSPS) is 17.2. The van der Waals surface area contributed by atoms with Crippen molar-refractivity contribution >= 4 is 5.97 Å². The molecule has 1 saturated carbocycles. The first-order valence-electron chi connectivity index (χ1n) is 9.68. The number of carbonyl (C=O) groups is 1. The van der Waals surface area contributed by atoms with Crippen molar-refractivity contribution in [3.05, 3.63) is 78.1 Å². The van der Waals surface area contributed by atoms with Gasteiger partial charge in [-0.15, -0.1) is 0 Å². The highest BCUT2D eigenvalue weighted by Crippen LogP contribution is 2.40. The zero-order valence-corrected chi connectivity index (χ0v) is 16.6. The van der Waals surface area contributed by atoms with Crippen LogP contribution < -0.4 is 9.47 Å². The minimum atomic E-state index is -1.03. The highest BCUT2D eigenvalue weighted by atomic mass is 19.2. The lowest BCUT2D eigenvalue weighted by Crippen LogP contribution is -2.08. The number of halogens is 3. The van der Waals surface area contributed by atoms with E-state index >= 15 is 0 Å². The average Bonchev–Trinajstić information content (AvgIpc) is 3.56. The largest absolute Gasteiger partial charge is 0.493 e. The molecule has 31 heavy (non-hydrogen) atoms. The standard InChI is InChI=1S/C24H19F3O4/c1-29-24(28)20-10-15(20)13-30-16-4-2-14(3-5-16)19-11-17(6-8-21(19)25)31-18-7-9-22(26)23(27)12-18/h2-9,11-12,15,20H,10,13H2,1H3/t15-,20+/m0/s1. The van der Waals surface area contributed by atoms with Gasteiger partial charge in [-0.2, -0.15) is 0 Å². The summed E-state index contributed by atoms with van der Waals surface area (Å²) in [5.74, 6) is -1.64. The first-order valence-corrected chi connectivity index (χ1v) is 9.68. The lowest BCUT2D eigenvalue weighted by Gasteiger charge is -2.10. The van der Waals surface area contributed by atoms with Crippen molar-refractivity contribution < 1.29 is 32.2 Å². The van der Waals surface area contributed by atoms with Gasteiger partial charge in [0.15, 0.2) is 11.6 Å². The molecular weight excluding hydrogens is 409 g/mol. The first kappa shape index (κ1) is 20.8. The molecule has 0 aromatic heterocycles. The van der Waals surface area contributed by atoms with E-state index in [0.717, 1.165) is 18.6 Å². The minimum Gasteiger partial charge on any atom is -0.493 e. The van der Waals surface area contributed by atoms with Crippen molar-refractivity contribution in [1.82, 2.24) is 0 Å². The smallest absolute Gasteiger partial charge is 0.309 e.